The van der Waals surface area contributed by atoms with Crippen molar-refractivity contribution in [2.75, 3.05) is 26.2 Å². The molecule has 2 amide bonds. The van der Waals surface area contributed by atoms with Crippen molar-refractivity contribution in [3.8, 4) is 11.3 Å². The van der Waals surface area contributed by atoms with Crippen molar-refractivity contribution in [2.24, 2.45) is 0 Å². The van der Waals surface area contributed by atoms with Gasteiger partial charge < -0.3 is 14.6 Å². The second-order valence-electron chi connectivity index (χ2n) is 9.47. The van der Waals surface area contributed by atoms with Gasteiger partial charge >= 0.3 is 0 Å². The predicted octanol–water partition coefficient (Wildman–Crippen LogP) is 3.95. The van der Waals surface area contributed by atoms with E-state index in [4.69, 9.17) is 4.42 Å². The highest BCUT2D eigenvalue weighted by Crippen LogP contribution is 2.26. The largest absolute Gasteiger partial charge is 0.464 e. The lowest BCUT2D eigenvalue weighted by Gasteiger charge is -2.31. The smallest absolute Gasteiger partial charge is 0.254 e. The van der Waals surface area contributed by atoms with Crippen LogP contribution in [-0.2, 0) is 24.3 Å². The zero-order chi connectivity index (χ0) is 24.2. The van der Waals surface area contributed by atoms with E-state index in [1.807, 2.05) is 54.4 Å². The maximum atomic E-state index is 13.3. The summed E-state index contributed by atoms with van der Waals surface area (Å²) >= 11 is 0. The summed E-state index contributed by atoms with van der Waals surface area (Å²) in [6.45, 7) is 6.08. The summed E-state index contributed by atoms with van der Waals surface area (Å²) in [7, 11) is 0. The molecular weight excluding hydrogens is 440 g/mol. The maximum absolute atomic E-state index is 13.3. The molecule has 1 N–H and O–H groups in total. The topological polar surface area (TPSA) is 78.7 Å². The van der Waals surface area contributed by atoms with Crippen LogP contribution < -0.4 is 5.32 Å². The average Bonchev–Trinajstić information content (AvgIpc) is 3.43. The molecule has 4 heterocycles. The molecule has 35 heavy (non-hydrogen) atoms. The number of hydrogen-bond donors (Lipinski definition) is 1. The first kappa shape index (κ1) is 23.3. The number of carbonyl (C=O) groups is 2. The molecular formula is C28H32N4O3. The number of aromatic nitrogens is 1. The standard InChI is InChI=1S/C28H32N4O3/c1-20-25(17-30-27(33)19-31-11-3-2-4-12-31)24-10-13-32(18-23(24)16-29-20)28(34)22-8-5-7-21(15-22)26-9-6-14-35-26/h5-9,14-16H,2-4,10-13,17-19H2,1H3,(H,30,33). The Bertz CT molecular complexity index is 1200. The Morgan fingerprint density at radius 1 is 1.09 bits per heavy atom. The quantitative estimate of drug-likeness (QED) is 0.588. The number of furan rings is 1. The molecule has 0 spiro atoms. The summed E-state index contributed by atoms with van der Waals surface area (Å²) in [6, 6.07) is 11.3. The maximum Gasteiger partial charge on any atom is 0.254 e. The van der Waals surface area contributed by atoms with E-state index in [1.54, 1.807) is 6.26 Å². The molecule has 2 aliphatic rings. The SMILES string of the molecule is Cc1ncc2c(c1CNC(=O)CN1CCCCC1)CCN(C(=O)c1cccc(-c3ccco3)c1)C2. The number of piperidine rings is 1. The fourth-order valence-corrected chi connectivity index (χ4v) is 5.12. The van der Waals surface area contributed by atoms with E-state index in [9.17, 15) is 9.59 Å². The third-order valence-electron chi connectivity index (χ3n) is 7.08. The Balaban J connectivity index is 1.26. The van der Waals surface area contributed by atoms with Gasteiger partial charge in [-0.1, -0.05) is 18.6 Å². The fourth-order valence-electron chi connectivity index (χ4n) is 5.12. The second-order valence-corrected chi connectivity index (χ2v) is 9.47. The first-order valence-electron chi connectivity index (χ1n) is 12.5. The summed E-state index contributed by atoms with van der Waals surface area (Å²) in [6.07, 6.45) is 7.86. The van der Waals surface area contributed by atoms with E-state index in [0.717, 1.165) is 47.7 Å². The van der Waals surface area contributed by atoms with Gasteiger partial charge in [-0.15, -0.1) is 0 Å². The third kappa shape index (κ3) is 5.30. The number of carbonyl (C=O) groups excluding carboxylic acids is 2. The van der Waals surface area contributed by atoms with Gasteiger partial charge in [0.2, 0.25) is 5.91 Å². The lowest BCUT2D eigenvalue weighted by atomic mass is 9.94. The molecule has 7 heteroatoms. The molecule has 0 bridgehead atoms. The molecule has 5 rings (SSSR count). The number of fused-ring (bicyclic) bond motifs is 1. The number of hydrogen-bond acceptors (Lipinski definition) is 5. The summed E-state index contributed by atoms with van der Waals surface area (Å²) in [5.74, 6) is 0.810. The van der Waals surface area contributed by atoms with Crippen molar-refractivity contribution in [3.63, 3.8) is 0 Å². The van der Waals surface area contributed by atoms with Crippen molar-refractivity contribution in [1.82, 2.24) is 20.1 Å². The number of likely N-dealkylation sites (tertiary alicyclic amines) is 1. The zero-order valence-corrected chi connectivity index (χ0v) is 20.3. The Morgan fingerprint density at radius 3 is 2.74 bits per heavy atom. The van der Waals surface area contributed by atoms with Gasteiger partial charge in [-0.25, -0.2) is 0 Å². The highest BCUT2D eigenvalue weighted by molar-refractivity contribution is 5.95. The second kappa shape index (κ2) is 10.4. The molecule has 0 atom stereocenters. The van der Waals surface area contributed by atoms with Crippen molar-refractivity contribution < 1.29 is 14.0 Å². The van der Waals surface area contributed by atoms with Gasteiger partial charge in [-0.05, 0) is 80.2 Å². The van der Waals surface area contributed by atoms with Gasteiger partial charge in [-0.2, -0.15) is 0 Å². The number of nitrogens with zero attached hydrogens (tertiary/aromatic N) is 3. The normalized spacial score (nSPS) is 16.1. The van der Waals surface area contributed by atoms with Crippen LogP contribution in [0.3, 0.4) is 0 Å². The molecule has 0 radical (unpaired) electrons. The molecule has 182 valence electrons. The minimum absolute atomic E-state index is 0.000940. The Labute approximate surface area is 206 Å². The first-order valence-corrected chi connectivity index (χ1v) is 12.5. The summed E-state index contributed by atoms with van der Waals surface area (Å²) in [5, 5.41) is 3.11. The molecule has 3 aromatic rings. The monoisotopic (exact) mass is 472 g/mol. The van der Waals surface area contributed by atoms with Crippen molar-refractivity contribution in [3.05, 3.63) is 76.8 Å². The molecule has 1 aromatic carbocycles. The van der Waals surface area contributed by atoms with E-state index in [1.165, 1.54) is 24.8 Å². The lowest BCUT2D eigenvalue weighted by Crippen LogP contribution is -2.40. The van der Waals surface area contributed by atoms with Gasteiger partial charge in [0.1, 0.15) is 5.76 Å². The Kier molecular flexibility index (Phi) is 6.95. The Hall–Kier alpha value is -3.45. The van der Waals surface area contributed by atoms with E-state index < -0.39 is 0 Å². The molecule has 2 aliphatic heterocycles. The van der Waals surface area contributed by atoms with Crippen molar-refractivity contribution in [1.29, 1.82) is 0 Å². The molecule has 7 nitrogen and oxygen atoms in total. The fraction of sp³-hybridized carbons (Fsp3) is 0.393. The highest BCUT2D eigenvalue weighted by Gasteiger charge is 2.25. The summed E-state index contributed by atoms with van der Waals surface area (Å²) in [4.78, 5) is 34.5. The number of nitrogens with one attached hydrogen (secondary N) is 1. The predicted molar refractivity (Wildman–Crippen MR) is 134 cm³/mol. The lowest BCUT2D eigenvalue weighted by molar-refractivity contribution is -0.122. The van der Waals surface area contributed by atoms with Gasteiger partial charge in [0.05, 0.1) is 12.8 Å². The van der Waals surface area contributed by atoms with Crippen molar-refractivity contribution in [2.45, 2.75) is 45.7 Å². The summed E-state index contributed by atoms with van der Waals surface area (Å²) in [5.41, 5.74) is 5.82. The first-order chi connectivity index (χ1) is 17.1. The van der Waals surface area contributed by atoms with Gasteiger partial charge in [0.15, 0.2) is 0 Å². The van der Waals surface area contributed by atoms with E-state index in [0.29, 0.717) is 31.7 Å². The number of pyridine rings is 1. The molecule has 2 aromatic heterocycles. The van der Waals surface area contributed by atoms with E-state index >= 15 is 0 Å². The van der Waals surface area contributed by atoms with E-state index in [-0.39, 0.29) is 11.8 Å². The number of rotatable bonds is 6. The highest BCUT2D eigenvalue weighted by atomic mass is 16.3. The minimum Gasteiger partial charge on any atom is -0.464 e. The Morgan fingerprint density at radius 2 is 1.94 bits per heavy atom. The van der Waals surface area contributed by atoms with Crippen LogP contribution in [0.15, 0.2) is 53.3 Å². The van der Waals surface area contributed by atoms with Crippen molar-refractivity contribution >= 4 is 11.8 Å². The van der Waals surface area contributed by atoms with Crippen LogP contribution in [0.25, 0.3) is 11.3 Å². The number of amides is 2. The van der Waals surface area contributed by atoms with Gasteiger partial charge in [0.25, 0.3) is 5.91 Å². The van der Waals surface area contributed by atoms with Crippen LogP contribution in [-0.4, -0.2) is 52.8 Å². The van der Waals surface area contributed by atoms with Crippen LogP contribution in [0.2, 0.25) is 0 Å². The molecule has 1 fully saturated rings. The average molecular weight is 473 g/mol. The van der Waals surface area contributed by atoms with E-state index in [2.05, 4.69) is 15.2 Å². The van der Waals surface area contributed by atoms with Crippen LogP contribution >= 0.6 is 0 Å². The summed E-state index contributed by atoms with van der Waals surface area (Å²) < 4.78 is 5.49. The van der Waals surface area contributed by atoms with Crippen LogP contribution in [0.4, 0.5) is 0 Å². The number of aryl methyl sites for hydroxylation is 1. The minimum atomic E-state index is 0.000940. The van der Waals surface area contributed by atoms with Crippen LogP contribution in [0.1, 0.15) is 52.0 Å². The van der Waals surface area contributed by atoms with Crippen LogP contribution in [0, 0.1) is 6.92 Å². The number of benzene rings is 1. The molecule has 0 unspecified atom stereocenters. The third-order valence-corrected chi connectivity index (χ3v) is 7.08. The van der Waals surface area contributed by atoms with Gasteiger partial charge in [-0.3, -0.25) is 19.5 Å². The molecule has 0 aliphatic carbocycles. The molecule has 1 saturated heterocycles. The zero-order valence-electron chi connectivity index (χ0n) is 20.3. The van der Waals surface area contributed by atoms with Gasteiger partial charge in [0, 0.05) is 42.7 Å². The molecule has 0 saturated carbocycles. The van der Waals surface area contributed by atoms with Crippen LogP contribution in [0.5, 0.6) is 0 Å².